The first kappa shape index (κ1) is 19.2. The van der Waals surface area contributed by atoms with Gasteiger partial charge in [0, 0.05) is 28.6 Å². The van der Waals surface area contributed by atoms with Crippen molar-refractivity contribution in [1.29, 1.82) is 0 Å². The lowest BCUT2D eigenvalue weighted by Crippen LogP contribution is -2.35. The highest BCUT2D eigenvalue weighted by Crippen LogP contribution is 2.35. The number of halogens is 2. The van der Waals surface area contributed by atoms with Crippen LogP contribution in [0.15, 0.2) is 17.5 Å². The van der Waals surface area contributed by atoms with Crippen LogP contribution in [0, 0.1) is 13.8 Å². The molecule has 0 aromatic carbocycles. The van der Waals surface area contributed by atoms with Crippen LogP contribution >= 0.6 is 36.2 Å². The molecule has 2 aromatic heterocycles. The standard InChI is InChI=1S/C15H20N4S.2ClH/c1-9-3-4-20-14(9)8-17-15-7-13(18-10(2)19-15)11-5-12(16)6-11;;/h3-4,7,11-12H,5-6,8,16H2,1-2H3,(H,17,18,19);2*1H. The molecule has 0 spiro atoms. The maximum absolute atomic E-state index is 5.86. The Hall–Kier alpha value is -0.880. The van der Waals surface area contributed by atoms with Gasteiger partial charge in [0.25, 0.3) is 0 Å². The molecule has 1 fully saturated rings. The lowest BCUT2D eigenvalue weighted by Gasteiger charge is -2.32. The Morgan fingerprint density at radius 2 is 2.00 bits per heavy atom. The Morgan fingerprint density at radius 1 is 1.27 bits per heavy atom. The minimum atomic E-state index is 0. The lowest BCUT2D eigenvalue weighted by molar-refractivity contribution is 0.344. The summed E-state index contributed by atoms with van der Waals surface area (Å²) < 4.78 is 0. The second kappa shape index (κ2) is 8.11. The summed E-state index contributed by atoms with van der Waals surface area (Å²) in [6.07, 6.45) is 2.08. The first-order valence-corrected chi connectivity index (χ1v) is 7.88. The number of nitrogens with zero attached hydrogens (tertiary/aromatic N) is 2. The van der Waals surface area contributed by atoms with Crippen LogP contribution in [0.5, 0.6) is 0 Å². The molecule has 0 radical (unpaired) electrons. The predicted octanol–water partition coefficient (Wildman–Crippen LogP) is 3.82. The molecule has 2 aromatic rings. The quantitative estimate of drug-likeness (QED) is 0.869. The van der Waals surface area contributed by atoms with Crippen molar-refractivity contribution in [3.8, 4) is 0 Å². The maximum Gasteiger partial charge on any atom is 0.130 e. The summed E-state index contributed by atoms with van der Waals surface area (Å²) >= 11 is 1.78. The van der Waals surface area contributed by atoms with Gasteiger partial charge in [-0.05, 0) is 43.7 Å². The smallest absolute Gasteiger partial charge is 0.130 e. The van der Waals surface area contributed by atoms with Crippen LogP contribution in [0.4, 0.5) is 5.82 Å². The highest BCUT2D eigenvalue weighted by molar-refractivity contribution is 7.10. The second-order valence-electron chi connectivity index (χ2n) is 5.53. The predicted molar refractivity (Wildman–Crippen MR) is 97.6 cm³/mol. The third-order valence-corrected chi connectivity index (χ3v) is 4.87. The maximum atomic E-state index is 5.86. The van der Waals surface area contributed by atoms with E-state index in [0.29, 0.717) is 12.0 Å². The molecule has 22 heavy (non-hydrogen) atoms. The van der Waals surface area contributed by atoms with E-state index in [0.717, 1.165) is 36.7 Å². The number of nitrogens with one attached hydrogen (secondary N) is 1. The van der Waals surface area contributed by atoms with Crippen LogP contribution in [0.1, 0.15) is 40.7 Å². The Morgan fingerprint density at radius 3 is 2.59 bits per heavy atom. The fourth-order valence-electron chi connectivity index (χ4n) is 2.55. The van der Waals surface area contributed by atoms with Gasteiger partial charge in [-0.2, -0.15) is 0 Å². The average Bonchev–Trinajstić information content (AvgIpc) is 2.77. The third kappa shape index (κ3) is 4.32. The zero-order valence-electron chi connectivity index (χ0n) is 12.7. The van der Waals surface area contributed by atoms with E-state index in [4.69, 9.17) is 5.73 Å². The molecule has 2 heterocycles. The highest BCUT2D eigenvalue weighted by Gasteiger charge is 2.28. The molecule has 122 valence electrons. The van der Waals surface area contributed by atoms with Gasteiger partial charge in [-0.25, -0.2) is 9.97 Å². The average molecular weight is 361 g/mol. The third-order valence-electron chi connectivity index (χ3n) is 3.85. The fraction of sp³-hybridized carbons (Fsp3) is 0.467. The molecule has 7 heteroatoms. The van der Waals surface area contributed by atoms with Crippen molar-refractivity contribution in [3.63, 3.8) is 0 Å². The zero-order valence-corrected chi connectivity index (χ0v) is 15.2. The molecule has 3 rings (SSSR count). The van der Waals surface area contributed by atoms with E-state index in [1.54, 1.807) is 11.3 Å². The molecular formula is C15H22Cl2N4S. The summed E-state index contributed by atoms with van der Waals surface area (Å²) in [7, 11) is 0. The van der Waals surface area contributed by atoms with E-state index in [2.05, 4.69) is 39.7 Å². The van der Waals surface area contributed by atoms with Gasteiger partial charge in [-0.15, -0.1) is 36.2 Å². The first-order chi connectivity index (χ1) is 9.61. The number of hydrogen-bond donors (Lipinski definition) is 2. The topological polar surface area (TPSA) is 63.8 Å². The van der Waals surface area contributed by atoms with Crippen LogP contribution in [0.2, 0.25) is 0 Å². The monoisotopic (exact) mass is 360 g/mol. The largest absolute Gasteiger partial charge is 0.365 e. The summed E-state index contributed by atoms with van der Waals surface area (Å²) in [5, 5.41) is 5.54. The van der Waals surface area contributed by atoms with Crippen molar-refractivity contribution >= 4 is 42.0 Å². The summed E-state index contributed by atoms with van der Waals surface area (Å²) in [6, 6.07) is 4.57. The molecule has 4 nitrogen and oxygen atoms in total. The molecule has 3 N–H and O–H groups in total. The number of nitrogens with two attached hydrogens (primary N) is 1. The van der Waals surface area contributed by atoms with Crippen LogP contribution in [-0.2, 0) is 6.54 Å². The molecule has 0 saturated heterocycles. The molecule has 0 amide bonds. The molecule has 0 unspecified atom stereocenters. The highest BCUT2D eigenvalue weighted by atomic mass is 35.5. The molecule has 1 aliphatic rings. The lowest BCUT2D eigenvalue weighted by atomic mass is 9.78. The van der Waals surface area contributed by atoms with Gasteiger partial charge in [0.15, 0.2) is 0 Å². The number of aromatic nitrogens is 2. The van der Waals surface area contributed by atoms with Crippen molar-refractivity contribution in [2.24, 2.45) is 5.73 Å². The fourth-order valence-corrected chi connectivity index (χ4v) is 3.40. The van der Waals surface area contributed by atoms with Crippen LogP contribution in [0.25, 0.3) is 0 Å². The van der Waals surface area contributed by atoms with E-state index in [1.807, 2.05) is 6.92 Å². The van der Waals surface area contributed by atoms with Gasteiger partial charge in [-0.3, -0.25) is 0 Å². The molecular weight excluding hydrogens is 339 g/mol. The summed E-state index contributed by atoms with van der Waals surface area (Å²) in [5.41, 5.74) is 8.33. The van der Waals surface area contributed by atoms with Crippen molar-refractivity contribution in [2.45, 2.75) is 45.2 Å². The minimum absolute atomic E-state index is 0. The van der Waals surface area contributed by atoms with Crippen molar-refractivity contribution in [1.82, 2.24) is 9.97 Å². The normalized spacial score (nSPS) is 19.6. The van der Waals surface area contributed by atoms with E-state index in [1.165, 1.54) is 10.4 Å². The molecule has 0 aliphatic heterocycles. The Bertz CT molecular complexity index is 611. The van der Waals surface area contributed by atoms with Crippen LogP contribution in [-0.4, -0.2) is 16.0 Å². The number of hydrogen-bond acceptors (Lipinski definition) is 5. The van der Waals surface area contributed by atoms with Crippen LogP contribution in [0.3, 0.4) is 0 Å². The number of aryl methyl sites for hydroxylation is 2. The van der Waals surface area contributed by atoms with Crippen molar-refractivity contribution < 1.29 is 0 Å². The van der Waals surface area contributed by atoms with E-state index in [9.17, 15) is 0 Å². The number of thiophene rings is 1. The number of rotatable bonds is 4. The zero-order chi connectivity index (χ0) is 14.1. The van der Waals surface area contributed by atoms with E-state index < -0.39 is 0 Å². The van der Waals surface area contributed by atoms with Gasteiger partial charge in [0.1, 0.15) is 11.6 Å². The van der Waals surface area contributed by atoms with E-state index >= 15 is 0 Å². The van der Waals surface area contributed by atoms with Gasteiger partial charge < -0.3 is 11.1 Å². The summed E-state index contributed by atoms with van der Waals surface area (Å²) in [4.78, 5) is 10.4. The van der Waals surface area contributed by atoms with Crippen LogP contribution < -0.4 is 11.1 Å². The molecule has 1 aliphatic carbocycles. The Balaban J connectivity index is 0.00000121. The van der Waals surface area contributed by atoms with Gasteiger partial charge in [-0.1, -0.05) is 0 Å². The first-order valence-electron chi connectivity index (χ1n) is 7.00. The SMILES string of the molecule is Cc1nc(NCc2sccc2C)cc(C2CC(N)C2)n1.Cl.Cl. The van der Waals surface area contributed by atoms with Gasteiger partial charge in [0.2, 0.25) is 0 Å². The summed E-state index contributed by atoms with van der Waals surface area (Å²) in [6.45, 7) is 4.91. The van der Waals surface area contributed by atoms with Gasteiger partial charge in [0.05, 0.1) is 6.54 Å². The Kier molecular flexibility index (Phi) is 7.06. The molecule has 1 saturated carbocycles. The second-order valence-corrected chi connectivity index (χ2v) is 6.53. The number of anilines is 1. The molecule has 0 bridgehead atoms. The minimum Gasteiger partial charge on any atom is -0.365 e. The Labute approximate surface area is 147 Å². The van der Waals surface area contributed by atoms with Crippen molar-refractivity contribution in [2.75, 3.05) is 5.32 Å². The van der Waals surface area contributed by atoms with Crippen molar-refractivity contribution in [3.05, 3.63) is 39.5 Å². The molecule has 0 atom stereocenters. The summed E-state index contributed by atoms with van der Waals surface area (Å²) in [5.74, 6) is 2.25. The van der Waals surface area contributed by atoms with Gasteiger partial charge >= 0.3 is 0 Å². The van der Waals surface area contributed by atoms with E-state index in [-0.39, 0.29) is 24.8 Å².